The van der Waals surface area contributed by atoms with Crippen molar-refractivity contribution in [2.45, 2.75) is 19.9 Å². The highest BCUT2D eigenvalue weighted by Crippen LogP contribution is 2.32. The summed E-state index contributed by atoms with van der Waals surface area (Å²) in [5, 5.41) is 0. The average Bonchev–Trinajstić information content (AvgIpc) is 2.80. The monoisotopic (exact) mass is 378 g/mol. The van der Waals surface area contributed by atoms with Crippen LogP contribution >= 0.6 is 22.6 Å². The van der Waals surface area contributed by atoms with Gasteiger partial charge in [0.1, 0.15) is 11.3 Å². The van der Waals surface area contributed by atoms with Gasteiger partial charge >= 0.3 is 0 Å². The van der Waals surface area contributed by atoms with Crippen LogP contribution in [0.2, 0.25) is 0 Å². The second-order valence-electron chi connectivity index (χ2n) is 5.00. The van der Waals surface area contributed by atoms with E-state index >= 15 is 0 Å². The van der Waals surface area contributed by atoms with E-state index < -0.39 is 0 Å². The van der Waals surface area contributed by atoms with Gasteiger partial charge in [-0.15, -0.1) is 0 Å². The largest absolute Gasteiger partial charge is 0.398 e. The molecule has 2 aromatic heterocycles. The second kappa shape index (κ2) is 5.05. The van der Waals surface area contributed by atoms with E-state index in [1.807, 2.05) is 18.2 Å². The Kier molecular flexibility index (Phi) is 3.37. The van der Waals surface area contributed by atoms with Crippen molar-refractivity contribution < 1.29 is 0 Å². The Morgan fingerprint density at radius 2 is 2.05 bits per heavy atom. The summed E-state index contributed by atoms with van der Waals surface area (Å²) in [6.45, 7) is 4.30. The SMILES string of the molecule is CC(C)n1c(-c2cc(I)ccc2N)nc2cnccc21. The molecule has 3 aromatic rings. The van der Waals surface area contributed by atoms with Crippen molar-refractivity contribution in [2.75, 3.05) is 5.73 Å². The maximum Gasteiger partial charge on any atom is 0.143 e. The van der Waals surface area contributed by atoms with Gasteiger partial charge in [-0.05, 0) is 60.7 Å². The Labute approximate surface area is 131 Å². The predicted molar refractivity (Wildman–Crippen MR) is 90.5 cm³/mol. The highest BCUT2D eigenvalue weighted by molar-refractivity contribution is 14.1. The molecule has 0 bridgehead atoms. The van der Waals surface area contributed by atoms with E-state index in [4.69, 9.17) is 10.7 Å². The molecule has 0 saturated carbocycles. The molecule has 102 valence electrons. The van der Waals surface area contributed by atoms with Crippen molar-refractivity contribution in [2.24, 2.45) is 0 Å². The van der Waals surface area contributed by atoms with Gasteiger partial charge in [0.05, 0.1) is 11.7 Å². The molecule has 0 fully saturated rings. The van der Waals surface area contributed by atoms with Gasteiger partial charge in [0.25, 0.3) is 0 Å². The minimum absolute atomic E-state index is 0.301. The normalized spacial score (nSPS) is 11.4. The first-order chi connectivity index (χ1) is 9.58. The zero-order chi connectivity index (χ0) is 14.3. The molecular weight excluding hydrogens is 363 g/mol. The Balaban J connectivity index is 2.35. The smallest absolute Gasteiger partial charge is 0.143 e. The molecule has 0 unspecified atom stereocenters. The lowest BCUT2D eigenvalue weighted by atomic mass is 10.1. The maximum atomic E-state index is 6.14. The Bertz CT molecular complexity index is 777. The molecule has 0 amide bonds. The van der Waals surface area contributed by atoms with Crippen LogP contribution in [0.25, 0.3) is 22.4 Å². The van der Waals surface area contributed by atoms with Crippen LogP contribution < -0.4 is 5.73 Å². The van der Waals surface area contributed by atoms with Gasteiger partial charge in [0.2, 0.25) is 0 Å². The summed E-state index contributed by atoms with van der Waals surface area (Å²) in [4.78, 5) is 8.87. The van der Waals surface area contributed by atoms with Gasteiger partial charge < -0.3 is 10.3 Å². The lowest BCUT2D eigenvalue weighted by molar-refractivity contribution is 0.624. The fraction of sp³-hybridized carbons (Fsp3) is 0.200. The number of rotatable bonds is 2. The summed E-state index contributed by atoms with van der Waals surface area (Å²) in [6.07, 6.45) is 3.59. The molecule has 3 rings (SSSR count). The van der Waals surface area contributed by atoms with Crippen LogP contribution in [-0.2, 0) is 0 Å². The molecule has 0 atom stereocenters. The molecule has 1 aromatic carbocycles. The molecule has 0 radical (unpaired) electrons. The van der Waals surface area contributed by atoms with Gasteiger partial charge in [-0.3, -0.25) is 4.98 Å². The lowest BCUT2D eigenvalue weighted by Crippen LogP contribution is -2.04. The van der Waals surface area contributed by atoms with Crippen LogP contribution in [0, 0.1) is 3.57 Å². The highest BCUT2D eigenvalue weighted by atomic mass is 127. The molecular formula is C15H15IN4. The third kappa shape index (κ3) is 2.15. The van der Waals surface area contributed by atoms with Crippen molar-refractivity contribution >= 4 is 39.3 Å². The predicted octanol–water partition coefficient (Wildman–Crippen LogP) is 3.87. The highest BCUT2D eigenvalue weighted by Gasteiger charge is 2.16. The quantitative estimate of drug-likeness (QED) is 0.544. The molecule has 5 heteroatoms. The number of nitrogen functional groups attached to an aromatic ring is 1. The lowest BCUT2D eigenvalue weighted by Gasteiger charge is -2.14. The standard InChI is InChI=1S/C15H15IN4/c1-9(2)20-14-5-6-18-8-13(14)19-15(20)11-7-10(16)3-4-12(11)17/h3-9H,17H2,1-2H3. The minimum Gasteiger partial charge on any atom is -0.398 e. The number of hydrogen-bond donors (Lipinski definition) is 1. The molecule has 4 nitrogen and oxygen atoms in total. The van der Waals surface area contributed by atoms with E-state index in [0.29, 0.717) is 6.04 Å². The van der Waals surface area contributed by atoms with E-state index in [2.05, 4.69) is 52.1 Å². The van der Waals surface area contributed by atoms with Crippen LogP contribution in [0.3, 0.4) is 0 Å². The fourth-order valence-corrected chi connectivity index (χ4v) is 2.88. The number of pyridine rings is 1. The van der Waals surface area contributed by atoms with Gasteiger partial charge in [0.15, 0.2) is 0 Å². The van der Waals surface area contributed by atoms with Crippen molar-refractivity contribution in [3.05, 3.63) is 40.2 Å². The fourth-order valence-electron chi connectivity index (χ4n) is 2.39. The van der Waals surface area contributed by atoms with E-state index in [1.54, 1.807) is 12.4 Å². The first-order valence-corrected chi connectivity index (χ1v) is 7.53. The Morgan fingerprint density at radius 3 is 2.80 bits per heavy atom. The number of nitrogens with zero attached hydrogens (tertiary/aromatic N) is 3. The summed E-state index contributed by atoms with van der Waals surface area (Å²) in [6, 6.07) is 8.30. The molecule has 0 aliphatic heterocycles. The number of aromatic nitrogens is 3. The van der Waals surface area contributed by atoms with Gasteiger partial charge in [-0.2, -0.15) is 0 Å². The van der Waals surface area contributed by atoms with Gasteiger partial charge in [-0.25, -0.2) is 4.98 Å². The van der Waals surface area contributed by atoms with Crippen LogP contribution in [0.15, 0.2) is 36.7 Å². The number of halogens is 1. The van der Waals surface area contributed by atoms with Crippen molar-refractivity contribution in [3.8, 4) is 11.4 Å². The van der Waals surface area contributed by atoms with Gasteiger partial charge in [0, 0.05) is 27.1 Å². The number of hydrogen-bond acceptors (Lipinski definition) is 3. The molecule has 0 aliphatic carbocycles. The number of fused-ring (bicyclic) bond motifs is 1. The number of benzene rings is 1. The van der Waals surface area contributed by atoms with Crippen LogP contribution in [0.1, 0.15) is 19.9 Å². The van der Waals surface area contributed by atoms with E-state index in [0.717, 1.165) is 31.7 Å². The topological polar surface area (TPSA) is 56.7 Å². The molecule has 0 saturated heterocycles. The zero-order valence-corrected chi connectivity index (χ0v) is 13.5. The van der Waals surface area contributed by atoms with Crippen molar-refractivity contribution in [1.29, 1.82) is 0 Å². The second-order valence-corrected chi connectivity index (χ2v) is 6.24. The first kappa shape index (κ1) is 13.4. The minimum atomic E-state index is 0.301. The summed E-state index contributed by atoms with van der Waals surface area (Å²) < 4.78 is 3.35. The van der Waals surface area contributed by atoms with Crippen molar-refractivity contribution in [3.63, 3.8) is 0 Å². The summed E-state index contributed by atoms with van der Waals surface area (Å²) >= 11 is 2.29. The molecule has 0 aliphatic rings. The molecule has 0 spiro atoms. The van der Waals surface area contributed by atoms with Crippen LogP contribution in [0.5, 0.6) is 0 Å². The van der Waals surface area contributed by atoms with Crippen LogP contribution in [-0.4, -0.2) is 14.5 Å². The van der Waals surface area contributed by atoms with E-state index in [-0.39, 0.29) is 0 Å². The third-order valence-corrected chi connectivity index (χ3v) is 3.94. The number of imidazole rings is 1. The molecule has 2 N–H and O–H groups in total. The zero-order valence-electron chi connectivity index (χ0n) is 11.3. The van der Waals surface area contributed by atoms with E-state index in [1.165, 1.54) is 0 Å². The summed E-state index contributed by atoms with van der Waals surface area (Å²) in [5.74, 6) is 0.902. The summed E-state index contributed by atoms with van der Waals surface area (Å²) in [7, 11) is 0. The van der Waals surface area contributed by atoms with Crippen LogP contribution in [0.4, 0.5) is 5.69 Å². The van der Waals surface area contributed by atoms with Gasteiger partial charge in [-0.1, -0.05) is 0 Å². The Hall–Kier alpha value is -1.63. The summed E-state index contributed by atoms with van der Waals surface area (Å²) in [5.41, 5.74) is 9.84. The number of nitrogens with two attached hydrogens (primary N) is 1. The average molecular weight is 378 g/mol. The Morgan fingerprint density at radius 1 is 1.25 bits per heavy atom. The maximum absolute atomic E-state index is 6.14. The number of anilines is 1. The third-order valence-electron chi connectivity index (χ3n) is 3.26. The van der Waals surface area contributed by atoms with E-state index in [9.17, 15) is 0 Å². The molecule has 20 heavy (non-hydrogen) atoms. The first-order valence-electron chi connectivity index (χ1n) is 6.45. The van der Waals surface area contributed by atoms with Crippen molar-refractivity contribution in [1.82, 2.24) is 14.5 Å². The molecule has 2 heterocycles.